The third-order valence-corrected chi connectivity index (χ3v) is 4.72. The topological polar surface area (TPSA) is 109 Å². The number of carbonyl (C=O) groups is 2. The number of aromatic nitrogens is 1. The Labute approximate surface area is 160 Å². The number of urea groups is 1. The minimum absolute atomic E-state index is 0.0439. The summed E-state index contributed by atoms with van der Waals surface area (Å²) in [6.07, 6.45) is 1.83. The molecule has 0 spiro atoms. The second-order valence-electron chi connectivity index (χ2n) is 5.45. The van der Waals surface area contributed by atoms with Crippen molar-refractivity contribution in [3.8, 4) is 0 Å². The lowest BCUT2D eigenvalue weighted by atomic mass is 10.0. The molecule has 3 amide bonds. The standard InChI is InChI=1S/C14H18Cl2N4O5S/c1-2-25-14(22)19-8-5-10(6-9-19)20(13(21)18-26(16,23)24)11-4-3-7-17-12(11)15/h3-4,7,10H,2,5-6,8-9H2,1H3,(H,18,21). The number of hydrogen-bond donors (Lipinski definition) is 1. The van der Waals surface area contributed by atoms with Crippen molar-refractivity contribution in [2.45, 2.75) is 25.8 Å². The molecule has 1 aliphatic heterocycles. The van der Waals surface area contributed by atoms with Crippen molar-refractivity contribution in [3.63, 3.8) is 0 Å². The number of hydrogen-bond acceptors (Lipinski definition) is 6. The highest BCUT2D eigenvalue weighted by Gasteiger charge is 2.33. The Morgan fingerprint density at radius 2 is 2.08 bits per heavy atom. The average Bonchev–Trinajstić information content (AvgIpc) is 2.56. The third-order valence-electron chi connectivity index (χ3n) is 3.78. The van der Waals surface area contributed by atoms with Crippen LogP contribution in [-0.4, -0.2) is 56.2 Å². The summed E-state index contributed by atoms with van der Waals surface area (Å²) in [7, 11) is 0.857. The number of carbonyl (C=O) groups excluding carboxylic acids is 2. The van der Waals surface area contributed by atoms with Crippen LogP contribution in [-0.2, 0) is 14.0 Å². The SMILES string of the molecule is CCOC(=O)N1CCC(N(C(=O)NS(=O)(=O)Cl)c2cccnc2Cl)CC1. The molecule has 12 heteroatoms. The van der Waals surface area contributed by atoms with Crippen LogP contribution in [0.2, 0.25) is 5.15 Å². The van der Waals surface area contributed by atoms with Gasteiger partial charge in [-0.15, -0.1) is 0 Å². The van der Waals surface area contributed by atoms with Crippen LogP contribution in [0.3, 0.4) is 0 Å². The van der Waals surface area contributed by atoms with Crippen LogP contribution >= 0.6 is 22.3 Å². The molecule has 1 N–H and O–H groups in total. The molecular formula is C14H18Cl2N4O5S. The van der Waals surface area contributed by atoms with Gasteiger partial charge in [0.25, 0.3) is 0 Å². The molecule has 2 heterocycles. The van der Waals surface area contributed by atoms with Gasteiger partial charge in [-0.2, -0.15) is 8.42 Å². The number of pyridine rings is 1. The monoisotopic (exact) mass is 424 g/mol. The number of halogens is 2. The van der Waals surface area contributed by atoms with Crippen LogP contribution in [0.4, 0.5) is 15.3 Å². The van der Waals surface area contributed by atoms with Gasteiger partial charge in [0.05, 0.1) is 12.3 Å². The molecular weight excluding hydrogens is 407 g/mol. The highest BCUT2D eigenvalue weighted by atomic mass is 35.7. The number of likely N-dealkylation sites (tertiary alicyclic amines) is 1. The zero-order valence-electron chi connectivity index (χ0n) is 13.9. The lowest BCUT2D eigenvalue weighted by Crippen LogP contribution is -2.52. The number of nitrogens with one attached hydrogen (secondary N) is 1. The van der Waals surface area contributed by atoms with Gasteiger partial charge in [0.1, 0.15) is 0 Å². The van der Waals surface area contributed by atoms with Crippen LogP contribution in [0.5, 0.6) is 0 Å². The highest BCUT2D eigenvalue weighted by Crippen LogP contribution is 2.29. The lowest BCUT2D eigenvalue weighted by molar-refractivity contribution is 0.0972. The van der Waals surface area contributed by atoms with Gasteiger partial charge in [-0.25, -0.2) is 19.3 Å². The van der Waals surface area contributed by atoms with Crippen molar-refractivity contribution in [2.75, 3.05) is 24.6 Å². The number of rotatable bonds is 4. The summed E-state index contributed by atoms with van der Waals surface area (Å²) in [6.45, 7) is 2.68. The van der Waals surface area contributed by atoms with Gasteiger partial charge >= 0.3 is 21.4 Å². The van der Waals surface area contributed by atoms with E-state index >= 15 is 0 Å². The van der Waals surface area contributed by atoms with E-state index in [-0.39, 0.29) is 17.4 Å². The maximum Gasteiger partial charge on any atom is 0.409 e. The van der Waals surface area contributed by atoms with E-state index in [1.807, 2.05) is 0 Å². The number of amides is 3. The Bertz CT molecular complexity index is 768. The summed E-state index contributed by atoms with van der Waals surface area (Å²) in [5.74, 6) is 0. The van der Waals surface area contributed by atoms with Crippen LogP contribution in [0, 0.1) is 0 Å². The predicted octanol–water partition coefficient (Wildman–Crippen LogP) is 2.36. The lowest BCUT2D eigenvalue weighted by Gasteiger charge is -2.37. The predicted molar refractivity (Wildman–Crippen MR) is 96.6 cm³/mol. The first-order valence-corrected chi connectivity index (χ1v) is 10.5. The molecule has 2 rings (SSSR count). The van der Waals surface area contributed by atoms with E-state index in [0.29, 0.717) is 25.9 Å². The molecule has 0 unspecified atom stereocenters. The molecule has 1 aliphatic rings. The van der Waals surface area contributed by atoms with E-state index in [1.54, 1.807) is 23.8 Å². The summed E-state index contributed by atoms with van der Waals surface area (Å²) in [5, 5.41) is 0.0439. The van der Waals surface area contributed by atoms with Crippen molar-refractivity contribution >= 4 is 49.3 Å². The van der Waals surface area contributed by atoms with E-state index < -0.39 is 27.4 Å². The molecule has 1 fully saturated rings. The highest BCUT2D eigenvalue weighted by molar-refractivity contribution is 8.12. The molecule has 0 atom stereocenters. The van der Waals surface area contributed by atoms with E-state index in [0.717, 1.165) is 0 Å². The smallest absolute Gasteiger partial charge is 0.409 e. The largest absolute Gasteiger partial charge is 0.450 e. The van der Waals surface area contributed by atoms with Crippen molar-refractivity contribution in [1.29, 1.82) is 0 Å². The first kappa shape index (κ1) is 20.5. The number of piperidine rings is 1. The summed E-state index contributed by atoms with van der Waals surface area (Å²) < 4.78 is 29.2. The summed E-state index contributed by atoms with van der Waals surface area (Å²) in [5.41, 5.74) is 0.251. The zero-order valence-corrected chi connectivity index (χ0v) is 16.2. The minimum Gasteiger partial charge on any atom is -0.450 e. The molecule has 0 saturated carbocycles. The molecule has 1 aromatic heterocycles. The van der Waals surface area contributed by atoms with Crippen molar-refractivity contribution in [3.05, 3.63) is 23.5 Å². The second kappa shape index (κ2) is 8.74. The van der Waals surface area contributed by atoms with Gasteiger partial charge < -0.3 is 9.64 Å². The quantitative estimate of drug-likeness (QED) is 0.586. The van der Waals surface area contributed by atoms with Crippen LogP contribution < -0.4 is 9.62 Å². The zero-order chi connectivity index (χ0) is 19.3. The average molecular weight is 425 g/mol. The Kier molecular flexibility index (Phi) is 6.90. The Balaban J connectivity index is 2.22. The maximum atomic E-state index is 12.5. The molecule has 1 aromatic rings. The fourth-order valence-electron chi connectivity index (χ4n) is 2.70. The van der Waals surface area contributed by atoms with Gasteiger partial charge in [-0.1, -0.05) is 11.6 Å². The van der Waals surface area contributed by atoms with Crippen LogP contribution in [0.1, 0.15) is 19.8 Å². The third kappa shape index (κ3) is 5.36. The van der Waals surface area contributed by atoms with E-state index in [4.69, 9.17) is 27.0 Å². The van der Waals surface area contributed by atoms with Crippen molar-refractivity contribution < 1.29 is 22.7 Å². The molecule has 9 nitrogen and oxygen atoms in total. The Morgan fingerprint density at radius 3 is 2.62 bits per heavy atom. The van der Waals surface area contributed by atoms with Gasteiger partial charge in [0.2, 0.25) is 0 Å². The fourth-order valence-corrected chi connectivity index (χ4v) is 3.42. The van der Waals surface area contributed by atoms with Crippen LogP contribution in [0.25, 0.3) is 0 Å². The summed E-state index contributed by atoms with van der Waals surface area (Å²) in [4.78, 5) is 30.9. The molecule has 0 aliphatic carbocycles. The van der Waals surface area contributed by atoms with Crippen molar-refractivity contribution in [2.24, 2.45) is 0 Å². The van der Waals surface area contributed by atoms with Gasteiger partial charge in [-0.3, -0.25) is 4.90 Å². The fraction of sp³-hybridized carbons (Fsp3) is 0.500. The normalized spacial score (nSPS) is 15.4. The second-order valence-corrected chi connectivity index (χ2v) is 8.10. The molecule has 1 saturated heterocycles. The van der Waals surface area contributed by atoms with Crippen molar-refractivity contribution in [1.82, 2.24) is 14.6 Å². The van der Waals surface area contributed by atoms with Gasteiger partial charge in [0, 0.05) is 36.0 Å². The Hall–Kier alpha value is -1.78. The van der Waals surface area contributed by atoms with Gasteiger partial charge in [0.15, 0.2) is 5.15 Å². The van der Waals surface area contributed by atoms with Gasteiger partial charge in [-0.05, 0) is 31.9 Å². The molecule has 0 bridgehead atoms. The van der Waals surface area contributed by atoms with E-state index in [1.165, 1.54) is 16.0 Å². The molecule has 144 valence electrons. The number of ether oxygens (including phenoxy) is 1. The molecule has 0 radical (unpaired) electrons. The maximum absolute atomic E-state index is 12.5. The minimum atomic E-state index is -4.28. The van der Waals surface area contributed by atoms with E-state index in [9.17, 15) is 18.0 Å². The number of nitrogens with zero attached hydrogens (tertiary/aromatic N) is 3. The summed E-state index contributed by atoms with van der Waals surface area (Å²) in [6, 6.07) is 1.78. The Morgan fingerprint density at radius 1 is 1.42 bits per heavy atom. The summed E-state index contributed by atoms with van der Waals surface area (Å²) >= 11 is 6.07. The van der Waals surface area contributed by atoms with Crippen LogP contribution in [0.15, 0.2) is 18.3 Å². The first-order valence-electron chi connectivity index (χ1n) is 7.80. The van der Waals surface area contributed by atoms with E-state index in [2.05, 4.69) is 4.98 Å². The molecule has 0 aromatic carbocycles. The first-order chi connectivity index (χ1) is 12.2. The molecule has 26 heavy (non-hydrogen) atoms. The number of anilines is 1.